The third kappa shape index (κ3) is 4.58. The maximum Gasteiger partial charge on any atom is 0.220 e. The van der Waals surface area contributed by atoms with Gasteiger partial charge in [0.05, 0.1) is 16.8 Å². The van der Waals surface area contributed by atoms with Crippen LogP contribution in [0.3, 0.4) is 0 Å². The van der Waals surface area contributed by atoms with Crippen molar-refractivity contribution in [1.29, 1.82) is 0 Å². The van der Waals surface area contributed by atoms with E-state index in [1.807, 2.05) is 12.3 Å². The average Bonchev–Trinajstić information content (AvgIpc) is 2.83. The predicted molar refractivity (Wildman–Crippen MR) is 76.4 cm³/mol. The van der Waals surface area contributed by atoms with E-state index >= 15 is 0 Å². The smallest absolute Gasteiger partial charge is 0.220 e. The number of thiazole rings is 1. The Labute approximate surface area is 118 Å². The number of methoxy groups -OCH3 is 1. The second-order valence-electron chi connectivity index (χ2n) is 5.13. The number of hydrogen-bond donors (Lipinski definition) is 1. The van der Waals surface area contributed by atoms with Crippen LogP contribution in [0.4, 0.5) is 0 Å². The molecule has 0 radical (unpaired) electrons. The van der Waals surface area contributed by atoms with E-state index in [1.165, 1.54) is 0 Å². The van der Waals surface area contributed by atoms with E-state index in [9.17, 15) is 4.79 Å². The molecule has 19 heavy (non-hydrogen) atoms. The van der Waals surface area contributed by atoms with Crippen LogP contribution in [0.15, 0.2) is 5.38 Å². The predicted octanol–water partition coefficient (Wildman–Crippen LogP) is 2.46. The van der Waals surface area contributed by atoms with Crippen LogP contribution in [0, 0.1) is 6.92 Å². The van der Waals surface area contributed by atoms with E-state index in [4.69, 9.17) is 4.74 Å². The molecule has 4 nitrogen and oxygen atoms in total. The Morgan fingerprint density at radius 2 is 2.21 bits per heavy atom. The van der Waals surface area contributed by atoms with E-state index in [1.54, 1.807) is 18.4 Å². The first-order valence-electron chi connectivity index (χ1n) is 6.90. The fourth-order valence-corrected chi connectivity index (χ4v) is 3.15. The Morgan fingerprint density at radius 1 is 1.47 bits per heavy atom. The summed E-state index contributed by atoms with van der Waals surface area (Å²) in [5.74, 6) is 0.145. The van der Waals surface area contributed by atoms with Gasteiger partial charge in [0.2, 0.25) is 5.91 Å². The highest BCUT2D eigenvalue weighted by molar-refractivity contribution is 7.09. The number of amides is 1. The fraction of sp³-hybridized carbons (Fsp3) is 0.714. The molecule has 1 amide bonds. The molecular formula is C14H22N2O2S. The third-order valence-electron chi connectivity index (χ3n) is 3.65. The first-order chi connectivity index (χ1) is 9.17. The number of nitrogens with one attached hydrogen (secondary N) is 1. The lowest BCUT2D eigenvalue weighted by Gasteiger charge is -2.28. The summed E-state index contributed by atoms with van der Waals surface area (Å²) in [6, 6.07) is 0.330. The van der Waals surface area contributed by atoms with Crippen molar-refractivity contribution < 1.29 is 9.53 Å². The molecule has 1 saturated carbocycles. The zero-order valence-electron chi connectivity index (χ0n) is 11.6. The molecule has 0 aromatic carbocycles. The van der Waals surface area contributed by atoms with Crippen molar-refractivity contribution in [2.45, 2.75) is 57.6 Å². The highest BCUT2D eigenvalue weighted by Crippen LogP contribution is 2.20. The second-order valence-corrected chi connectivity index (χ2v) is 6.20. The minimum Gasteiger partial charge on any atom is -0.381 e. The van der Waals surface area contributed by atoms with Gasteiger partial charge in [0, 0.05) is 25.0 Å². The standard InChI is InChI=1S/C14H22N2O2S/c1-10-15-12(9-19-10)5-8-14(17)16-11-3-6-13(18-2)7-4-11/h9,11,13H,3-8H2,1-2H3,(H,16,17). The highest BCUT2D eigenvalue weighted by Gasteiger charge is 2.21. The summed E-state index contributed by atoms with van der Waals surface area (Å²) >= 11 is 1.64. The lowest BCUT2D eigenvalue weighted by Crippen LogP contribution is -2.39. The molecule has 1 aliphatic rings. The molecular weight excluding hydrogens is 260 g/mol. The van der Waals surface area contributed by atoms with Crippen LogP contribution in [-0.2, 0) is 16.0 Å². The van der Waals surface area contributed by atoms with Crippen LogP contribution in [0.5, 0.6) is 0 Å². The normalized spacial score (nSPS) is 23.3. The monoisotopic (exact) mass is 282 g/mol. The lowest BCUT2D eigenvalue weighted by atomic mass is 9.93. The van der Waals surface area contributed by atoms with Gasteiger partial charge in [0.15, 0.2) is 0 Å². The Hall–Kier alpha value is -0.940. The Morgan fingerprint density at radius 3 is 2.79 bits per heavy atom. The maximum atomic E-state index is 11.9. The van der Waals surface area contributed by atoms with Crippen molar-refractivity contribution in [2.24, 2.45) is 0 Å². The molecule has 0 unspecified atom stereocenters. The Balaban J connectivity index is 1.67. The molecule has 1 aliphatic carbocycles. The number of hydrogen-bond acceptors (Lipinski definition) is 4. The molecule has 2 rings (SSSR count). The van der Waals surface area contributed by atoms with Crippen LogP contribution in [0.1, 0.15) is 42.8 Å². The zero-order valence-corrected chi connectivity index (χ0v) is 12.5. The van der Waals surface area contributed by atoms with E-state index in [0.717, 1.165) is 42.8 Å². The zero-order chi connectivity index (χ0) is 13.7. The van der Waals surface area contributed by atoms with Crippen molar-refractivity contribution >= 4 is 17.2 Å². The quantitative estimate of drug-likeness (QED) is 0.902. The van der Waals surface area contributed by atoms with E-state index < -0.39 is 0 Å². The molecule has 1 aromatic heterocycles. The van der Waals surface area contributed by atoms with Gasteiger partial charge in [0.25, 0.3) is 0 Å². The fourth-order valence-electron chi connectivity index (χ4n) is 2.51. The van der Waals surface area contributed by atoms with Crippen LogP contribution < -0.4 is 5.32 Å². The topological polar surface area (TPSA) is 51.2 Å². The summed E-state index contributed by atoms with van der Waals surface area (Å²) in [4.78, 5) is 16.2. The van der Waals surface area contributed by atoms with Crippen LogP contribution in [-0.4, -0.2) is 30.1 Å². The summed E-state index contributed by atoms with van der Waals surface area (Å²) in [6.07, 6.45) is 5.81. The molecule has 1 fully saturated rings. The van der Waals surface area contributed by atoms with Gasteiger partial charge in [-0.1, -0.05) is 0 Å². The van der Waals surface area contributed by atoms with Crippen LogP contribution in [0.25, 0.3) is 0 Å². The van der Waals surface area contributed by atoms with Gasteiger partial charge >= 0.3 is 0 Å². The number of aromatic nitrogens is 1. The van der Waals surface area contributed by atoms with Crippen LogP contribution >= 0.6 is 11.3 Å². The minimum atomic E-state index is 0.145. The second kappa shape index (κ2) is 7.01. The molecule has 0 aliphatic heterocycles. The molecule has 5 heteroatoms. The number of ether oxygens (including phenoxy) is 1. The largest absolute Gasteiger partial charge is 0.381 e. The Bertz CT molecular complexity index is 411. The molecule has 1 aromatic rings. The average molecular weight is 282 g/mol. The molecule has 0 saturated heterocycles. The lowest BCUT2D eigenvalue weighted by molar-refractivity contribution is -0.122. The number of nitrogens with zero attached hydrogens (tertiary/aromatic N) is 1. The molecule has 1 N–H and O–H groups in total. The van der Waals surface area contributed by atoms with Gasteiger partial charge in [-0.05, 0) is 39.0 Å². The SMILES string of the molecule is COC1CCC(NC(=O)CCc2csc(C)n2)CC1. The van der Waals surface area contributed by atoms with Gasteiger partial charge in [0.1, 0.15) is 0 Å². The number of aryl methyl sites for hydroxylation is 2. The number of carbonyl (C=O) groups excluding carboxylic acids is 1. The van der Waals surface area contributed by atoms with E-state index in [0.29, 0.717) is 18.6 Å². The van der Waals surface area contributed by atoms with Crippen molar-refractivity contribution in [3.63, 3.8) is 0 Å². The molecule has 0 spiro atoms. The van der Waals surface area contributed by atoms with Gasteiger partial charge in [-0.15, -0.1) is 11.3 Å². The van der Waals surface area contributed by atoms with Crippen molar-refractivity contribution in [3.05, 3.63) is 16.1 Å². The Kier molecular flexibility index (Phi) is 5.34. The van der Waals surface area contributed by atoms with Crippen molar-refractivity contribution in [3.8, 4) is 0 Å². The first-order valence-corrected chi connectivity index (χ1v) is 7.78. The molecule has 0 bridgehead atoms. The molecule has 106 valence electrons. The van der Waals surface area contributed by atoms with Crippen LogP contribution in [0.2, 0.25) is 0 Å². The highest BCUT2D eigenvalue weighted by atomic mass is 32.1. The summed E-state index contributed by atoms with van der Waals surface area (Å²) in [6.45, 7) is 1.99. The van der Waals surface area contributed by atoms with E-state index in [-0.39, 0.29) is 5.91 Å². The van der Waals surface area contributed by atoms with Gasteiger partial charge in [-0.2, -0.15) is 0 Å². The van der Waals surface area contributed by atoms with Crippen molar-refractivity contribution in [2.75, 3.05) is 7.11 Å². The summed E-state index contributed by atoms with van der Waals surface area (Å²) in [5, 5.41) is 6.22. The minimum absolute atomic E-state index is 0.145. The molecule has 1 heterocycles. The van der Waals surface area contributed by atoms with E-state index in [2.05, 4.69) is 10.3 Å². The third-order valence-corrected chi connectivity index (χ3v) is 4.47. The van der Waals surface area contributed by atoms with Crippen molar-refractivity contribution in [1.82, 2.24) is 10.3 Å². The maximum absolute atomic E-state index is 11.9. The first kappa shape index (κ1) is 14.5. The number of carbonyl (C=O) groups is 1. The molecule has 0 atom stereocenters. The van der Waals surface area contributed by atoms with Gasteiger partial charge in [-0.25, -0.2) is 4.98 Å². The number of rotatable bonds is 5. The summed E-state index contributed by atoms with van der Waals surface area (Å²) in [7, 11) is 1.76. The van der Waals surface area contributed by atoms with Gasteiger partial charge < -0.3 is 10.1 Å². The van der Waals surface area contributed by atoms with Gasteiger partial charge in [-0.3, -0.25) is 4.79 Å². The summed E-state index contributed by atoms with van der Waals surface area (Å²) < 4.78 is 5.33. The summed E-state index contributed by atoms with van der Waals surface area (Å²) in [5.41, 5.74) is 1.03.